The van der Waals surface area contributed by atoms with Crippen LogP contribution in [0.2, 0.25) is 0 Å². The summed E-state index contributed by atoms with van der Waals surface area (Å²) in [6.07, 6.45) is 0. The Kier molecular flexibility index (Phi) is 4.13. The zero-order chi connectivity index (χ0) is 15.4. The molecule has 21 heavy (non-hydrogen) atoms. The molecule has 1 heterocycles. The van der Waals surface area contributed by atoms with E-state index in [2.05, 4.69) is 15.3 Å². The van der Waals surface area contributed by atoms with Gasteiger partial charge in [0.2, 0.25) is 11.8 Å². The van der Waals surface area contributed by atoms with Crippen molar-refractivity contribution >= 4 is 17.8 Å². The van der Waals surface area contributed by atoms with E-state index in [0.717, 1.165) is 0 Å². The lowest BCUT2D eigenvalue weighted by molar-refractivity contribution is 0.0692. The van der Waals surface area contributed by atoms with Crippen LogP contribution in [0.4, 0.5) is 5.95 Å². The number of anilines is 1. The Morgan fingerprint density at radius 2 is 1.86 bits per heavy atom. The highest BCUT2D eigenvalue weighted by Gasteiger charge is 2.17. The maximum atomic E-state index is 12.2. The van der Waals surface area contributed by atoms with Crippen LogP contribution in [0.25, 0.3) is 0 Å². The van der Waals surface area contributed by atoms with Crippen molar-refractivity contribution in [2.75, 3.05) is 12.4 Å². The van der Waals surface area contributed by atoms with Gasteiger partial charge in [-0.15, -0.1) is 0 Å². The van der Waals surface area contributed by atoms with E-state index >= 15 is 0 Å². The lowest BCUT2D eigenvalue weighted by Crippen LogP contribution is -2.18. The number of aromatic carboxylic acids is 1. The van der Waals surface area contributed by atoms with Gasteiger partial charge in [0, 0.05) is 11.8 Å². The first-order valence-corrected chi connectivity index (χ1v) is 6.04. The number of aryl methyl sites for hydroxylation is 1. The fraction of sp³-hybridized carbons (Fsp3) is 0.143. The lowest BCUT2D eigenvalue weighted by Gasteiger charge is -2.08. The molecule has 0 bridgehead atoms. The Labute approximate surface area is 120 Å². The molecule has 0 atom stereocenters. The van der Waals surface area contributed by atoms with Gasteiger partial charge >= 0.3 is 5.97 Å². The summed E-state index contributed by atoms with van der Waals surface area (Å²) in [6.45, 7) is 1.73. The molecule has 1 amide bonds. The van der Waals surface area contributed by atoms with Crippen LogP contribution in [0.5, 0.6) is 5.88 Å². The van der Waals surface area contributed by atoms with E-state index in [9.17, 15) is 9.59 Å². The van der Waals surface area contributed by atoms with Crippen LogP contribution in [0.15, 0.2) is 30.3 Å². The van der Waals surface area contributed by atoms with E-state index in [0.29, 0.717) is 11.6 Å². The van der Waals surface area contributed by atoms with Crippen LogP contribution < -0.4 is 10.1 Å². The molecule has 108 valence electrons. The number of nitrogens with one attached hydrogen (secondary N) is 1. The van der Waals surface area contributed by atoms with Gasteiger partial charge in [0.25, 0.3) is 5.91 Å². The number of benzene rings is 1. The second-order valence-corrected chi connectivity index (χ2v) is 4.18. The molecular weight excluding hydrogens is 274 g/mol. The Balaban J connectivity index is 2.30. The highest BCUT2D eigenvalue weighted by atomic mass is 16.5. The summed E-state index contributed by atoms with van der Waals surface area (Å²) in [5, 5.41) is 11.5. The summed E-state index contributed by atoms with van der Waals surface area (Å²) < 4.78 is 4.99. The maximum Gasteiger partial charge on any atom is 0.336 e. The minimum atomic E-state index is -1.18. The molecule has 0 fully saturated rings. The van der Waals surface area contributed by atoms with Gasteiger partial charge < -0.3 is 9.84 Å². The Morgan fingerprint density at radius 3 is 2.48 bits per heavy atom. The summed E-state index contributed by atoms with van der Waals surface area (Å²) in [6, 6.07) is 7.52. The molecule has 2 N–H and O–H groups in total. The van der Waals surface area contributed by atoms with Crippen LogP contribution in [-0.2, 0) is 0 Å². The summed E-state index contributed by atoms with van der Waals surface area (Å²) in [5.74, 6) is -1.41. The van der Waals surface area contributed by atoms with Crippen molar-refractivity contribution < 1.29 is 19.4 Å². The number of hydrogen-bond donors (Lipinski definition) is 2. The molecule has 0 saturated heterocycles. The van der Waals surface area contributed by atoms with Gasteiger partial charge in [-0.25, -0.2) is 9.78 Å². The van der Waals surface area contributed by atoms with Crippen LogP contribution in [0, 0.1) is 6.92 Å². The monoisotopic (exact) mass is 287 g/mol. The van der Waals surface area contributed by atoms with E-state index in [1.165, 1.54) is 19.2 Å². The van der Waals surface area contributed by atoms with Crippen molar-refractivity contribution in [1.29, 1.82) is 0 Å². The quantitative estimate of drug-likeness (QED) is 0.888. The van der Waals surface area contributed by atoms with Gasteiger partial charge in [-0.05, 0) is 19.1 Å². The zero-order valence-corrected chi connectivity index (χ0v) is 11.5. The molecule has 2 rings (SSSR count). The first-order valence-electron chi connectivity index (χ1n) is 6.04. The second-order valence-electron chi connectivity index (χ2n) is 4.18. The van der Waals surface area contributed by atoms with Crippen LogP contribution >= 0.6 is 0 Å². The number of hydrogen-bond acceptors (Lipinski definition) is 5. The predicted octanol–water partition coefficient (Wildman–Crippen LogP) is 1.74. The number of carbonyl (C=O) groups is 2. The van der Waals surface area contributed by atoms with Gasteiger partial charge in [0.05, 0.1) is 18.2 Å². The number of methoxy groups -OCH3 is 1. The fourth-order valence-corrected chi connectivity index (χ4v) is 1.74. The number of amides is 1. The van der Waals surface area contributed by atoms with Gasteiger partial charge in [-0.3, -0.25) is 10.1 Å². The molecule has 2 aromatic rings. The van der Waals surface area contributed by atoms with Crippen molar-refractivity contribution in [2.24, 2.45) is 0 Å². The van der Waals surface area contributed by atoms with Crippen molar-refractivity contribution in [3.63, 3.8) is 0 Å². The van der Waals surface area contributed by atoms with Crippen molar-refractivity contribution in [1.82, 2.24) is 9.97 Å². The summed E-state index contributed by atoms with van der Waals surface area (Å²) in [4.78, 5) is 31.3. The number of carbonyl (C=O) groups excluding carboxylic acids is 1. The number of carboxylic acid groups (broad SMARTS) is 1. The minimum Gasteiger partial charge on any atom is -0.481 e. The number of ether oxygens (including phenoxy) is 1. The first kappa shape index (κ1) is 14.4. The summed E-state index contributed by atoms with van der Waals surface area (Å²) in [5.41, 5.74) is 0.562. The van der Waals surface area contributed by atoms with Crippen molar-refractivity contribution in [2.45, 2.75) is 6.92 Å². The van der Waals surface area contributed by atoms with E-state index in [4.69, 9.17) is 9.84 Å². The summed E-state index contributed by atoms with van der Waals surface area (Å²) in [7, 11) is 1.45. The normalized spacial score (nSPS) is 10.0. The molecule has 1 aromatic carbocycles. The molecule has 7 nitrogen and oxygen atoms in total. The highest BCUT2D eigenvalue weighted by Crippen LogP contribution is 2.14. The van der Waals surface area contributed by atoms with E-state index < -0.39 is 11.9 Å². The van der Waals surface area contributed by atoms with Gasteiger partial charge in [-0.1, -0.05) is 12.1 Å². The largest absolute Gasteiger partial charge is 0.481 e. The van der Waals surface area contributed by atoms with Crippen LogP contribution in [-0.4, -0.2) is 34.1 Å². The highest BCUT2D eigenvalue weighted by molar-refractivity contribution is 6.10. The topological polar surface area (TPSA) is 101 Å². The Hall–Kier alpha value is -2.96. The summed E-state index contributed by atoms with van der Waals surface area (Å²) >= 11 is 0. The Morgan fingerprint density at radius 1 is 1.19 bits per heavy atom. The fourth-order valence-electron chi connectivity index (χ4n) is 1.74. The molecular formula is C14H13N3O4. The van der Waals surface area contributed by atoms with Gasteiger partial charge in [0.15, 0.2) is 0 Å². The molecule has 7 heteroatoms. The smallest absolute Gasteiger partial charge is 0.336 e. The molecule has 1 aromatic heterocycles. The van der Waals surface area contributed by atoms with E-state index in [1.54, 1.807) is 25.1 Å². The number of rotatable bonds is 4. The van der Waals surface area contributed by atoms with Crippen LogP contribution in [0.3, 0.4) is 0 Å². The van der Waals surface area contributed by atoms with E-state index in [1.807, 2.05) is 0 Å². The van der Waals surface area contributed by atoms with Gasteiger partial charge in [-0.2, -0.15) is 4.98 Å². The molecule has 0 saturated carbocycles. The first-order chi connectivity index (χ1) is 10.0. The molecule has 0 radical (unpaired) electrons. The standard InChI is InChI=1S/C14H13N3O4/c1-8-7-11(21-2)16-14(15-8)17-12(18)9-5-3-4-6-10(9)13(19)20/h3-7H,1-2H3,(H,19,20)(H,15,16,17,18). The molecule has 0 aliphatic carbocycles. The maximum absolute atomic E-state index is 12.2. The molecule has 0 aliphatic rings. The SMILES string of the molecule is COc1cc(C)nc(NC(=O)c2ccccc2C(=O)O)n1. The average Bonchev–Trinajstić information content (AvgIpc) is 2.46. The van der Waals surface area contributed by atoms with Crippen molar-refractivity contribution in [3.8, 4) is 5.88 Å². The zero-order valence-electron chi connectivity index (χ0n) is 11.5. The minimum absolute atomic E-state index is 0.0362. The lowest BCUT2D eigenvalue weighted by atomic mass is 10.1. The third-order valence-electron chi connectivity index (χ3n) is 2.67. The predicted molar refractivity (Wildman–Crippen MR) is 74.7 cm³/mol. The average molecular weight is 287 g/mol. The Bertz CT molecular complexity index is 700. The molecule has 0 unspecified atom stereocenters. The third-order valence-corrected chi connectivity index (χ3v) is 2.67. The van der Waals surface area contributed by atoms with Gasteiger partial charge in [0.1, 0.15) is 0 Å². The number of carboxylic acids is 1. The number of aromatic nitrogens is 2. The van der Waals surface area contributed by atoms with Crippen molar-refractivity contribution in [3.05, 3.63) is 47.2 Å². The number of nitrogens with zero attached hydrogens (tertiary/aromatic N) is 2. The van der Waals surface area contributed by atoms with E-state index in [-0.39, 0.29) is 17.1 Å². The second kappa shape index (κ2) is 6.00. The molecule has 0 spiro atoms. The van der Waals surface area contributed by atoms with Crippen LogP contribution in [0.1, 0.15) is 26.4 Å². The third kappa shape index (κ3) is 3.33. The molecule has 0 aliphatic heterocycles.